The number of aliphatic hydroxyl groups excluding tert-OH is 1. The van der Waals surface area contributed by atoms with E-state index in [-0.39, 0.29) is 11.1 Å². The molecule has 1 rings (SSSR count). The van der Waals surface area contributed by atoms with Gasteiger partial charge in [-0.25, -0.2) is 14.4 Å². The summed E-state index contributed by atoms with van der Waals surface area (Å²) in [5.74, 6) is -3.10. The van der Waals surface area contributed by atoms with Crippen LogP contribution in [0.5, 0.6) is 0 Å². The Bertz CT molecular complexity index is 535. The Morgan fingerprint density at radius 2 is 1.85 bits per heavy atom. The summed E-state index contributed by atoms with van der Waals surface area (Å²) in [5.41, 5.74) is -0.391. The zero-order chi connectivity index (χ0) is 15.1. The fraction of sp³-hybridized carbons (Fsp3) is 0.154. The van der Waals surface area contributed by atoms with Crippen molar-refractivity contribution in [3.8, 4) is 0 Å². The average Bonchev–Trinajstić information content (AvgIpc) is 2.44. The van der Waals surface area contributed by atoms with Gasteiger partial charge in [-0.3, -0.25) is 0 Å². The highest BCUT2D eigenvalue weighted by molar-refractivity contribution is 6.02. The summed E-state index contributed by atoms with van der Waals surface area (Å²) < 4.78 is 9.03. The molecule has 0 aliphatic heterocycles. The summed E-state index contributed by atoms with van der Waals surface area (Å²) in [4.78, 5) is 33.3. The van der Waals surface area contributed by atoms with E-state index in [1.807, 2.05) is 0 Å². The van der Waals surface area contributed by atoms with Crippen LogP contribution in [0.1, 0.15) is 20.7 Å². The van der Waals surface area contributed by atoms with Crippen LogP contribution < -0.4 is 0 Å². The van der Waals surface area contributed by atoms with Crippen molar-refractivity contribution in [2.24, 2.45) is 0 Å². The second-order valence-electron chi connectivity index (χ2n) is 3.54. The lowest BCUT2D eigenvalue weighted by molar-refractivity contribution is -0.167. The lowest BCUT2D eigenvalue weighted by atomic mass is 10.1. The Balaban J connectivity index is 2.66. The van der Waals surface area contributed by atoms with Gasteiger partial charge < -0.3 is 19.7 Å². The molecule has 0 spiro atoms. The van der Waals surface area contributed by atoms with Crippen molar-refractivity contribution < 1.29 is 34.1 Å². The highest BCUT2D eigenvalue weighted by atomic mass is 16.7. The van der Waals surface area contributed by atoms with Gasteiger partial charge in [0.25, 0.3) is 0 Å². The van der Waals surface area contributed by atoms with Crippen LogP contribution in [0, 0.1) is 0 Å². The van der Waals surface area contributed by atoms with Crippen molar-refractivity contribution in [1.29, 1.82) is 0 Å². The van der Waals surface area contributed by atoms with Crippen LogP contribution in [0.2, 0.25) is 0 Å². The first-order valence-electron chi connectivity index (χ1n) is 5.46. The van der Waals surface area contributed by atoms with Gasteiger partial charge >= 0.3 is 17.9 Å². The predicted octanol–water partition coefficient (Wildman–Crippen LogP) is 0.589. The molecule has 0 amide bonds. The smallest absolute Gasteiger partial charge is 0.339 e. The van der Waals surface area contributed by atoms with Crippen molar-refractivity contribution >= 4 is 17.9 Å². The van der Waals surface area contributed by atoms with Crippen molar-refractivity contribution in [1.82, 2.24) is 0 Å². The standard InChI is InChI=1S/C13H12O7/c1-2-10(14)20-11(15)7-19-13(18)9-6-4-3-5-8(9)12(16)17/h2-6,11,15H,1,7H2,(H,16,17). The fourth-order valence-electron chi connectivity index (χ4n) is 1.29. The van der Waals surface area contributed by atoms with Gasteiger partial charge in [0.15, 0.2) is 6.61 Å². The first kappa shape index (κ1) is 15.4. The molecular weight excluding hydrogens is 268 g/mol. The van der Waals surface area contributed by atoms with Gasteiger partial charge in [-0.05, 0) is 12.1 Å². The molecule has 106 valence electrons. The Hall–Kier alpha value is -2.67. The molecule has 0 aliphatic carbocycles. The second kappa shape index (κ2) is 7.05. The Morgan fingerprint density at radius 1 is 1.25 bits per heavy atom. The number of esters is 2. The van der Waals surface area contributed by atoms with Gasteiger partial charge in [0.1, 0.15) is 0 Å². The molecular formula is C13H12O7. The van der Waals surface area contributed by atoms with E-state index in [2.05, 4.69) is 16.1 Å². The summed E-state index contributed by atoms with van der Waals surface area (Å²) in [7, 11) is 0. The molecule has 0 heterocycles. The van der Waals surface area contributed by atoms with Gasteiger partial charge in [-0.15, -0.1) is 0 Å². The molecule has 7 heteroatoms. The third kappa shape index (κ3) is 4.21. The molecule has 1 unspecified atom stereocenters. The van der Waals surface area contributed by atoms with E-state index in [0.29, 0.717) is 0 Å². The van der Waals surface area contributed by atoms with Gasteiger partial charge in [-0.1, -0.05) is 18.7 Å². The second-order valence-corrected chi connectivity index (χ2v) is 3.54. The Labute approximate surface area is 114 Å². The van der Waals surface area contributed by atoms with Gasteiger partial charge in [0.2, 0.25) is 6.29 Å². The van der Waals surface area contributed by atoms with Crippen molar-refractivity contribution in [2.45, 2.75) is 6.29 Å². The van der Waals surface area contributed by atoms with Crippen LogP contribution in [-0.2, 0) is 14.3 Å². The average molecular weight is 280 g/mol. The van der Waals surface area contributed by atoms with E-state index in [4.69, 9.17) is 5.11 Å². The molecule has 0 fully saturated rings. The van der Waals surface area contributed by atoms with Crippen molar-refractivity contribution in [3.05, 3.63) is 48.0 Å². The molecule has 0 aromatic heterocycles. The summed E-state index contributed by atoms with van der Waals surface area (Å²) in [6.07, 6.45) is -0.813. The number of ether oxygens (including phenoxy) is 2. The van der Waals surface area contributed by atoms with Crippen LogP contribution in [0.4, 0.5) is 0 Å². The molecule has 2 N–H and O–H groups in total. The first-order chi connectivity index (χ1) is 9.45. The van der Waals surface area contributed by atoms with Crippen LogP contribution >= 0.6 is 0 Å². The van der Waals surface area contributed by atoms with E-state index < -0.39 is 30.8 Å². The van der Waals surface area contributed by atoms with Gasteiger partial charge in [0.05, 0.1) is 11.1 Å². The third-order valence-corrected chi connectivity index (χ3v) is 2.15. The molecule has 0 saturated carbocycles. The largest absolute Gasteiger partial charge is 0.478 e. The fourth-order valence-corrected chi connectivity index (χ4v) is 1.29. The third-order valence-electron chi connectivity index (χ3n) is 2.15. The van der Waals surface area contributed by atoms with Crippen LogP contribution in [0.3, 0.4) is 0 Å². The summed E-state index contributed by atoms with van der Waals surface area (Å²) >= 11 is 0. The number of hydrogen-bond donors (Lipinski definition) is 2. The number of aliphatic hydroxyl groups is 1. The number of carboxylic acids is 1. The summed E-state index contributed by atoms with van der Waals surface area (Å²) in [5, 5.41) is 18.1. The number of rotatable bonds is 6. The molecule has 7 nitrogen and oxygen atoms in total. The van der Waals surface area contributed by atoms with Gasteiger partial charge in [0, 0.05) is 6.08 Å². The molecule has 0 bridgehead atoms. The van der Waals surface area contributed by atoms with E-state index in [1.165, 1.54) is 24.3 Å². The monoisotopic (exact) mass is 280 g/mol. The van der Waals surface area contributed by atoms with E-state index in [1.54, 1.807) is 0 Å². The molecule has 1 aromatic carbocycles. The first-order valence-corrected chi connectivity index (χ1v) is 5.46. The minimum absolute atomic E-state index is 0.165. The lowest BCUT2D eigenvalue weighted by Gasteiger charge is -2.11. The van der Waals surface area contributed by atoms with E-state index in [9.17, 15) is 19.5 Å². The van der Waals surface area contributed by atoms with E-state index >= 15 is 0 Å². The Kier molecular flexibility index (Phi) is 5.42. The van der Waals surface area contributed by atoms with Crippen molar-refractivity contribution in [2.75, 3.05) is 6.61 Å². The SMILES string of the molecule is C=CC(=O)OC(O)COC(=O)c1ccccc1C(=O)O. The molecule has 1 aromatic rings. The van der Waals surface area contributed by atoms with Gasteiger partial charge in [-0.2, -0.15) is 0 Å². The number of benzene rings is 1. The van der Waals surface area contributed by atoms with E-state index in [0.717, 1.165) is 6.08 Å². The highest BCUT2D eigenvalue weighted by Gasteiger charge is 2.18. The zero-order valence-corrected chi connectivity index (χ0v) is 10.3. The maximum absolute atomic E-state index is 11.7. The number of carbonyl (C=O) groups excluding carboxylic acids is 2. The predicted molar refractivity (Wildman–Crippen MR) is 66.0 cm³/mol. The van der Waals surface area contributed by atoms with Crippen molar-refractivity contribution in [3.63, 3.8) is 0 Å². The van der Waals surface area contributed by atoms with Crippen LogP contribution in [0.25, 0.3) is 0 Å². The normalized spacial score (nSPS) is 11.2. The van der Waals surface area contributed by atoms with Crippen LogP contribution in [0.15, 0.2) is 36.9 Å². The molecule has 0 saturated heterocycles. The van der Waals surface area contributed by atoms with Crippen LogP contribution in [-0.4, -0.2) is 41.0 Å². The number of hydrogen-bond acceptors (Lipinski definition) is 6. The minimum Gasteiger partial charge on any atom is -0.478 e. The summed E-state index contributed by atoms with van der Waals surface area (Å²) in [6, 6.07) is 5.44. The molecule has 0 radical (unpaired) electrons. The summed E-state index contributed by atoms with van der Waals surface area (Å²) in [6.45, 7) is 2.51. The quantitative estimate of drug-likeness (QED) is 0.445. The molecule has 1 atom stereocenters. The molecule has 20 heavy (non-hydrogen) atoms. The minimum atomic E-state index is -1.65. The maximum Gasteiger partial charge on any atom is 0.339 e. The number of aromatic carboxylic acids is 1. The molecule has 0 aliphatic rings. The number of carbonyl (C=O) groups is 3. The zero-order valence-electron chi connectivity index (χ0n) is 10.3. The maximum atomic E-state index is 11.7. The topological polar surface area (TPSA) is 110 Å². The number of carboxylic acid groups (broad SMARTS) is 1. The lowest BCUT2D eigenvalue weighted by Crippen LogP contribution is -2.24. The highest BCUT2D eigenvalue weighted by Crippen LogP contribution is 2.10. The Morgan fingerprint density at radius 3 is 2.40 bits per heavy atom.